The van der Waals surface area contributed by atoms with Gasteiger partial charge in [-0.3, -0.25) is 0 Å². The molecular weight excluding hydrogens is 218 g/mol. The van der Waals surface area contributed by atoms with E-state index in [4.69, 9.17) is 11.6 Å². The highest BCUT2D eigenvalue weighted by Crippen LogP contribution is 2.19. The second-order valence-corrected chi connectivity index (χ2v) is 5.05. The van der Waals surface area contributed by atoms with Gasteiger partial charge in [0.05, 0.1) is 0 Å². The highest BCUT2D eigenvalue weighted by atomic mass is 35.5. The lowest BCUT2D eigenvalue weighted by Crippen LogP contribution is -2.33. The van der Waals surface area contributed by atoms with Gasteiger partial charge in [0.1, 0.15) is 0 Å². The molecule has 1 nitrogen and oxygen atoms in total. The first-order valence-electron chi connectivity index (χ1n) is 6.06. The van der Waals surface area contributed by atoms with Crippen LogP contribution in [0.25, 0.3) is 0 Å². The van der Waals surface area contributed by atoms with Crippen LogP contribution in [0.5, 0.6) is 0 Å². The summed E-state index contributed by atoms with van der Waals surface area (Å²) in [4.78, 5) is 0. The first-order valence-corrected chi connectivity index (χ1v) is 6.44. The summed E-state index contributed by atoms with van der Waals surface area (Å²) in [6.07, 6.45) is 1.20. The molecule has 2 heteroatoms. The quantitative estimate of drug-likeness (QED) is 0.802. The Balaban J connectivity index is 2.61. The summed E-state index contributed by atoms with van der Waals surface area (Å²) in [7, 11) is 0. The largest absolute Gasteiger partial charge is 0.307 e. The summed E-state index contributed by atoms with van der Waals surface area (Å²) >= 11 is 5.99. The molecule has 0 saturated heterocycles. The fourth-order valence-corrected chi connectivity index (χ4v) is 1.98. The minimum absolute atomic E-state index is 0.350. The topological polar surface area (TPSA) is 12.0 Å². The van der Waals surface area contributed by atoms with Gasteiger partial charge in [0.15, 0.2) is 0 Å². The van der Waals surface area contributed by atoms with Crippen LogP contribution in [0.3, 0.4) is 0 Å². The van der Waals surface area contributed by atoms with E-state index in [1.807, 2.05) is 18.2 Å². The van der Waals surface area contributed by atoms with Gasteiger partial charge in [-0.25, -0.2) is 0 Å². The lowest BCUT2D eigenvalue weighted by atomic mass is 9.99. The summed E-state index contributed by atoms with van der Waals surface area (Å²) in [5.41, 5.74) is 1.25. The highest BCUT2D eigenvalue weighted by molar-refractivity contribution is 6.30. The van der Waals surface area contributed by atoms with E-state index < -0.39 is 0 Å². The maximum Gasteiger partial charge on any atom is 0.0409 e. The average molecular weight is 240 g/mol. The van der Waals surface area contributed by atoms with E-state index in [0.717, 1.165) is 5.02 Å². The fourth-order valence-electron chi connectivity index (χ4n) is 1.78. The third kappa shape index (κ3) is 3.80. The predicted molar refractivity (Wildman–Crippen MR) is 71.9 cm³/mol. The number of benzene rings is 1. The second kappa shape index (κ2) is 6.27. The molecule has 0 aromatic heterocycles. The molecule has 2 unspecified atom stereocenters. The maximum absolute atomic E-state index is 5.99. The standard InChI is InChI=1S/C14H22ClN/c1-5-10(2)11(3)16-12(4)13-7-6-8-14(15)9-13/h6-12,16H,5H2,1-4H3/t10?,11?,12-/m0/s1. The van der Waals surface area contributed by atoms with Crippen LogP contribution in [0.2, 0.25) is 5.02 Å². The van der Waals surface area contributed by atoms with E-state index in [0.29, 0.717) is 18.0 Å². The summed E-state index contributed by atoms with van der Waals surface area (Å²) < 4.78 is 0. The zero-order valence-corrected chi connectivity index (χ0v) is 11.4. The molecule has 0 amide bonds. The van der Waals surface area contributed by atoms with Gasteiger partial charge in [-0.1, -0.05) is 44.0 Å². The van der Waals surface area contributed by atoms with Crippen molar-refractivity contribution in [2.75, 3.05) is 0 Å². The molecule has 1 aromatic rings. The Morgan fingerprint density at radius 1 is 1.25 bits per heavy atom. The van der Waals surface area contributed by atoms with Crippen molar-refractivity contribution in [3.63, 3.8) is 0 Å². The zero-order chi connectivity index (χ0) is 12.1. The van der Waals surface area contributed by atoms with Crippen molar-refractivity contribution in [1.29, 1.82) is 0 Å². The van der Waals surface area contributed by atoms with Crippen molar-refractivity contribution in [2.45, 2.75) is 46.2 Å². The van der Waals surface area contributed by atoms with Crippen LogP contribution in [-0.2, 0) is 0 Å². The van der Waals surface area contributed by atoms with Crippen molar-refractivity contribution in [2.24, 2.45) is 5.92 Å². The molecule has 1 rings (SSSR count). The summed E-state index contributed by atoms with van der Waals surface area (Å²) in [5, 5.41) is 4.42. The van der Waals surface area contributed by atoms with Crippen LogP contribution in [0.15, 0.2) is 24.3 Å². The average Bonchev–Trinajstić information content (AvgIpc) is 2.27. The minimum atomic E-state index is 0.350. The third-order valence-electron chi connectivity index (χ3n) is 3.36. The Morgan fingerprint density at radius 2 is 1.94 bits per heavy atom. The molecule has 0 bridgehead atoms. The molecular formula is C14H22ClN. The van der Waals surface area contributed by atoms with E-state index in [-0.39, 0.29) is 0 Å². The Labute approximate surface area is 104 Å². The molecule has 3 atom stereocenters. The van der Waals surface area contributed by atoms with Crippen molar-refractivity contribution >= 4 is 11.6 Å². The monoisotopic (exact) mass is 239 g/mol. The Bertz CT molecular complexity index is 324. The molecule has 90 valence electrons. The van der Waals surface area contributed by atoms with E-state index in [1.165, 1.54) is 12.0 Å². The zero-order valence-electron chi connectivity index (χ0n) is 10.6. The summed E-state index contributed by atoms with van der Waals surface area (Å²) in [5.74, 6) is 0.696. The van der Waals surface area contributed by atoms with Crippen LogP contribution < -0.4 is 5.32 Å². The van der Waals surface area contributed by atoms with Crippen LogP contribution in [0.4, 0.5) is 0 Å². The molecule has 0 aliphatic rings. The number of hydrogen-bond acceptors (Lipinski definition) is 1. The molecule has 0 fully saturated rings. The molecule has 0 radical (unpaired) electrons. The van der Waals surface area contributed by atoms with Crippen LogP contribution >= 0.6 is 11.6 Å². The lowest BCUT2D eigenvalue weighted by molar-refractivity contribution is 0.360. The van der Waals surface area contributed by atoms with E-state index >= 15 is 0 Å². The maximum atomic E-state index is 5.99. The lowest BCUT2D eigenvalue weighted by Gasteiger charge is -2.24. The van der Waals surface area contributed by atoms with Crippen molar-refractivity contribution in [1.82, 2.24) is 5.32 Å². The van der Waals surface area contributed by atoms with Crippen LogP contribution in [-0.4, -0.2) is 6.04 Å². The molecule has 16 heavy (non-hydrogen) atoms. The van der Waals surface area contributed by atoms with Gasteiger partial charge in [0.25, 0.3) is 0 Å². The third-order valence-corrected chi connectivity index (χ3v) is 3.59. The van der Waals surface area contributed by atoms with Crippen molar-refractivity contribution < 1.29 is 0 Å². The molecule has 0 saturated carbocycles. The van der Waals surface area contributed by atoms with Crippen LogP contribution in [0.1, 0.15) is 45.7 Å². The Morgan fingerprint density at radius 3 is 2.50 bits per heavy atom. The van der Waals surface area contributed by atoms with Gasteiger partial charge < -0.3 is 5.32 Å². The van der Waals surface area contributed by atoms with Crippen LogP contribution in [0, 0.1) is 5.92 Å². The second-order valence-electron chi connectivity index (χ2n) is 4.62. The minimum Gasteiger partial charge on any atom is -0.307 e. The Hall–Kier alpha value is -0.530. The summed E-state index contributed by atoms with van der Waals surface area (Å²) in [6, 6.07) is 8.94. The molecule has 1 N–H and O–H groups in total. The first kappa shape index (κ1) is 13.5. The fraction of sp³-hybridized carbons (Fsp3) is 0.571. The normalized spacial score (nSPS) is 16.8. The van der Waals surface area contributed by atoms with Gasteiger partial charge in [0, 0.05) is 17.1 Å². The predicted octanol–water partition coefficient (Wildman–Crippen LogP) is 4.43. The highest BCUT2D eigenvalue weighted by Gasteiger charge is 2.13. The molecule has 0 spiro atoms. The molecule has 1 aromatic carbocycles. The smallest absolute Gasteiger partial charge is 0.0409 e. The van der Waals surface area contributed by atoms with E-state index in [9.17, 15) is 0 Å². The van der Waals surface area contributed by atoms with Gasteiger partial charge in [0.2, 0.25) is 0 Å². The number of rotatable bonds is 5. The molecule has 0 heterocycles. The van der Waals surface area contributed by atoms with Gasteiger partial charge in [-0.15, -0.1) is 0 Å². The van der Waals surface area contributed by atoms with Gasteiger partial charge in [-0.05, 0) is 37.5 Å². The number of hydrogen-bond donors (Lipinski definition) is 1. The first-order chi connectivity index (χ1) is 7.54. The molecule has 0 aliphatic heterocycles. The number of halogens is 1. The van der Waals surface area contributed by atoms with E-state index in [1.54, 1.807) is 0 Å². The van der Waals surface area contributed by atoms with Crippen molar-refractivity contribution in [3.8, 4) is 0 Å². The van der Waals surface area contributed by atoms with Gasteiger partial charge >= 0.3 is 0 Å². The SMILES string of the molecule is CCC(C)C(C)N[C@@H](C)c1cccc(Cl)c1. The van der Waals surface area contributed by atoms with Gasteiger partial charge in [-0.2, -0.15) is 0 Å². The summed E-state index contributed by atoms with van der Waals surface area (Å²) in [6.45, 7) is 8.94. The molecule has 0 aliphatic carbocycles. The van der Waals surface area contributed by atoms with Crippen molar-refractivity contribution in [3.05, 3.63) is 34.9 Å². The Kier molecular flexibility index (Phi) is 5.30. The number of nitrogens with one attached hydrogen (secondary N) is 1. The van der Waals surface area contributed by atoms with E-state index in [2.05, 4.69) is 39.1 Å².